The average molecular weight is 274 g/mol. The van der Waals surface area contributed by atoms with E-state index in [-0.39, 0.29) is 17.4 Å². The molecule has 1 rings (SSSR count). The Morgan fingerprint density at radius 3 is 2.50 bits per heavy atom. The molecule has 6 heteroatoms. The van der Waals surface area contributed by atoms with Crippen LogP contribution in [-0.4, -0.2) is 26.3 Å². The largest absolute Gasteiger partial charge is 0.326 e. The molecule has 0 saturated heterocycles. The Balaban J connectivity index is 3.23. The normalized spacial score (nSPS) is 12.4. The number of sulfonamides is 1. The molecule has 0 radical (unpaired) electrons. The number of hydrogen-bond donors (Lipinski definition) is 1. The molecule has 0 unspecified atom stereocenters. The van der Waals surface area contributed by atoms with Gasteiger partial charge >= 0.3 is 0 Å². The minimum absolute atomic E-state index is 0.0480. The van der Waals surface area contributed by atoms with E-state index in [0.717, 1.165) is 6.07 Å². The lowest BCUT2D eigenvalue weighted by molar-refractivity contribution is 0.416. The number of halogens is 1. The first-order chi connectivity index (χ1) is 8.28. The lowest BCUT2D eigenvalue weighted by Crippen LogP contribution is -2.31. The van der Waals surface area contributed by atoms with Gasteiger partial charge in [0, 0.05) is 20.1 Å². The maximum atomic E-state index is 13.2. The molecule has 1 aromatic rings. The van der Waals surface area contributed by atoms with Crippen LogP contribution in [0.15, 0.2) is 23.1 Å². The molecule has 2 N–H and O–H groups in total. The molecular formula is C12H19FN2O2S. The Morgan fingerprint density at radius 2 is 2.00 bits per heavy atom. The second-order valence-electron chi connectivity index (χ2n) is 4.64. The lowest BCUT2D eigenvalue weighted by Gasteiger charge is -2.20. The maximum absolute atomic E-state index is 13.2. The summed E-state index contributed by atoms with van der Waals surface area (Å²) in [5.74, 6) is -0.386. The van der Waals surface area contributed by atoms with Crippen molar-refractivity contribution in [2.75, 3.05) is 13.6 Å². The molecule has 0 aliphatic rings. The summed E-state index contributed by atoms with van der Waals surface area (Å²) in [6, 6.07) is 3.64. The molecule has 0 atom stereocenters. The Labute approximate surface area is 108 Å². The molecule has 0 aliphatic heterocycles. The first-order valence-electron chi connectivity index (χ1n) is 5.74. The zero-order chi connectivity index (χ0) is 13.9. The third-order valence-corrected chi connectivity index (χ3v) is 4.47. The van der Waals surface area contributed by atoms with Crippen LogP contribution in [0.1, 0.15) is 19.4 Å². The van der Waals surface area contributed by atoms with Crippen LogP contribution in [0.2, 0.25) is 0 Å². The summed E-state index contributed by atoms with van der Waals surface area (Å²) in [5.41, 5.74) is 5.92. The van der Waals surface area contributed by atoms with Crippen molar-refractivity contribution in [3.8, 4) is 0 Å². The van der Waals surface area contributed by atoms with Crippen molar-refractivity contribution in [3.05, 3.63) is 29.6 Å². The lowest BCUT2D eigenvalue weighted by atomic mass is 10.2. The SMILES string of the molecule is CC(C)CN(C)S(=O)(=O)c1cc(F)ccc1CN. The second-order valence-corrected chi connectivity index (χ2v) is 6.65. The Morgan fingerprint density at radius 1 is 1.39 bits per heavy atom. The molecule has 0 spiro atoms. The highest BCUT2D eigenvalue weighted by molar-refractivity contribution is 7.89. The summed E-state index contributed by atoms with van der Waals surface area (Å²) in [5, 5.41) is 0. The monoisotopic (exact) mass is 274 g/mol. The van der Waals surface area contributed by atoms with E-state index in [9.17, 15) is 12.8 Å². The second kappa shape index (κ2) is 5.77. The van der Waals surface area contributed by atoms with Crippen molar-refractivity contribution in [2.24, 2.45) is 11.7 Å². The van der Waals surface area contributed by atoms with E-state index in [1.807, 2.05) is 13.8 Å². The fourth-order valence-electron chi connectivity index (χ4n) is 1.72. The minimum Gasteiger partial charge on any atom is -0.326 e. The van der Waals surface area contributed by atoms with Crippen molar-refractivity contribution in [2.45, 2.75) is 25.3 Å². The Hall–Kier alpha value is -0.980. The fraction of sp³-hybridized carbons (Fsp3) is 0.500. The zero-order valence-electron chi connectivity index (χ0n) is 10.9. The van der Waals surface area contributed by atoms with Crippen molar-refractivity contribution in [1.29, 1.82) is 0 Å². The van der Waals surface area contributed by atoms with Crippen molar-refractivity contribution < 1.29 is 12.8 Å². The topological polar surface area (TPSA) is 63.4 Å². The number of rotatable bonds is 5. The van der Waals surface area contributed by atoms with E-state index >= 15 is 0 Å². The molecule has 0 bridgehead atoms. The van der Waals surface area contributed by atoms with Crippen molar-refractivity contribution in [1.82, 2.24) is 4.31 Å². The van der Waals surface area contributed by atoms with Crippen molar-refractivity contribution >= 4 is 10.0 Å². The van der Waals surface area contributed by atoms with Crippen LogP contribution in [0, 0.1) is 11.7 Å². The predicted octanol–water partition coefficient (Wildman–Crippen LogP) is 1.56. The van der Waals surface area contributed by atoms with Gasteiger partial charge in [0.15, 0.2) is 0 Å². The van der Waals surface area contributed by atoms with Crippen LogP contribution in [0.3, 0.4) is 0 Å². The van der Waals surface area contributed by atoms with Crippen LogP contribution in [0.4, 0.5) is 4.39 Å². The van der Waals surface area contributed by atoms with Crippen molar-refractivity contribution in [3.63, 3.8) is 0 Å². The Kier molecular flexibility index (Phi) is 4.84. The molecule has 0 saturated carbocycles. The van der Waals surface area contributed by atoms with Gasteiger partial charge in [0.2, 0.25) is 10.0 Å². The molecule has 4 nitrogen and oxygen atoms in total. The van der Waals surface area contributed by atoms with Gasteiger partial charge in [-0.05, 0) is 23.6 Å². The zero-order valence-corrected chi connectivity index (χ0v) is 11.7. The molecule has 102 valence electrons. The first-order valence-corrected chi connectivity index (χ1v) is 7.18. The van der Waals surface area contributed by atoms with Crippen LogP contribution >= 0.6 is 0 Å². The van der Waals surface area contributed by atoms with Gasteiger partial charge in [0.1, 0.15) is 5.82 Å². The van der Waals surface area contributed by atoms with Crippen LogP contribution in [0.5, 0.6) is 0 Å². The summed E-state index contributed by atoms with van der Waals surface area (Å²) >= 11 is 0. The van der Waals surface area contributed by atoms with Gasteiger partial charge in [0.25, 0.3) is 0 Å². The average Bonchev–Trinajstić information content (AvgIpc) is 2.28. The van der Waals surface area contributed by atoms with E-state index in [4.69, 9.17) is 5.73 Å². The van der Waals surface area contributed by atoms with Crippen LogP contribution in [-0.2, 0) is 16.6 Å². The Bertz CT molecular complexity index is 515. The van der Waals surface area contributed by atoms with Gasteiger partial charge in [-0.25, -0.2) is 17.1 Å². The standard InChI is InChI=1S/C12H19FN2O2S/c1-9(2)8-15(3)18(16,17)12-6-11(13)5-4-10(12)7-14/h4-6,9H,7-8,14H2,1-3H3. The van der Waals surface area contributed by atoms with Crippen LogP contribution in [0.25, 0.3) is 0 Å². The summed E-state index contributed by atoms with van der Waals surface area (Å²) in [6.45, 7) is 4.27. The fourth-order valence-corrected chi connectivity index (χ4v) is 3.29. The van der Waals surface area contributed by atoms with Gasteiger partial charge < -0.3 is 5.73 Å². The smallest absolute Gasteiger partial charge is 0.243 e. The number of benzene rings is 1. The van der Waals surface area contributed by atoms with Gasteiger partial charge in [-0.3, -0.25) is 0 Å². The van der Waals surface area contributed by atoms with Gasteiger partial charge in [0.05, 0.1) is 4.90 Å². The van der Waals surface area contributed by atoms with E-state index in [1.165, 1.54) is 23.5 Å². The highest BCUT2D eigenvalue weighted by Gasteiger charge is 2.24. The summed E-state index contributed by atoms with van der Waals surface area (Å²) < 4.78 is 39.1. The van der Waals surface area contributed by atoms with Gasteiger partial charge in [-0.2, -0.15) is 0 Å². The number of hydrogen-bond acceptors (Lipinski definition) is 3. The molecule has 0 aliphatic carbocycles. The summed E-state index contributed by atoms with van der Waals surface area (Å²) in [4.78, 5) is -0.0480. The molecule has 18 heavy (non-hydrogen) atoms. The number of nitrogens with two attached hydrogens (primary N) is 1. The van der Waals surface area contributed by atoms with E-state index in [0.29, 0.717) is 12.1 Å². The summed E-state index contributed by atoms with van der Waals surface area (Å²) in [6.07, 6.45) is 0. The maximum Gasteiger partial charge on any atom is 0.243 e. The molecule has 0 amide bonds. The van der Waals surface area contributed by atoms with E-state index in [2.05, 4.69) is 0 Å². The van der Waals surface area contributed by atoms with Crippen LogP contribution < -0.4 is 5.73 Å². The molecule has 1 aromatic carbocycles. The highest BCUT2D eigenvalue weighted by atomic mass is 32.2. The molecular weight excluding hydrogens is 255 g/mol. The third kappa shape index (κ3) is 3.28. The van der Waals surface area contributed by atoms with E-state index in [1.54, 1.807) is 0 Å². The van der Waals surface area contributed by atoms with Gasteiger partial charge in [-0.15, -0.1) is 0 Å². The van der Waals surface area contributed by atoms with E-state index < -0.39 is 15.8 Å². The summed E-state index contributed by atoms with van der Waals surface area (Å²) in [7, 11) is -2.20. The predicted molar refractivity (Wildman–Crippen MR) is 68.9 cm³/mol. The highest BCUT2D eigenvalue weighted by Crippen LogP contribution is 2.21. The van der Waals surface area contributed by atoms with Gasteiger partial charge in [-0.1, -0.05) is 19.9 Å². The minimum atomic E-state index is -3.69. The molecule has 0 fully saturated rings. The quantitative estimate of drug-likeness (QED) is 0.886. The first kappa shape index (κ1) is 15.1. The molecule has 0 heterocycles. The number of nitrogens with zero attached hydrogens (tertiary/aromatic N) is 1. The molecule has 0 aromatic heterocycles. The third-order valence-electron chi connectivity index (χ3n) is 2.56.